The smallest absolute Gasteiger partial charge is 0.303 e. The lowest BCUT2D eigenvalue weighted by Crippen LogP contribution is -2.61. The highest BCUT2D eigenvalue weighted by molar-refractivity contribution is 9.06. The minimum atomic E-state index is -0.876. The largest absolute Gasteiger partial charge is 0.457 e. The van der Waals surface area contributed by atoms with Gasteiger partial charge in [0.15, 0.2) is 12.4 Å². The van der Waals surface area contributed by atoms with Crippen molar-refractivity contribution in [2.75, 3.05) is 6.61 Å². The van der Waals surface area contributed by atoms with Gasteiger partial charge >= 0.3 is 5.97 Å². The number of aliphatic hydroxyl groups excluding tert-OH is 1. The van der Waals surface area contributed by atoms with Crippen LogP contribution in [0.5, 0.6) is 0 Å². The third-order valence-corrected chi connectivity index (χ3v) is 5.10. The first-order valence-corrected chi connectivity index (χ1v) is 10.3. The average molecular weight is 481 g/mol. The van der Waals surface area contributed by atoms with E-state index in [1.807, 2.05) is 60.7 Å². The second-order valence-electron chi connectivity index (χ2n) is 6.91. The Morgan fingerprint density at radius 3 is 1.93 bits per heavy atom. The molecule has 0 spiro atoms. The fourth-order valence-electron chi connectivity index (χ4n) is 3.33. The Balaban J connectivity index is 1.83. The number of esters is 1. The molecule has 2 aromatic rings. The average Bonchev–Trinajstić information content (AvgIpc) is 2.77. The van der Waals surface area contributed by atoms with Gasteiger partial charge in [-0.05, 0) is 11.1 Å². The van der Waals surface area contributed by atoms with Gasteiger partial charge in [-0.15, -0.1) is 0 Å². The van der Waals surface area contributed by atoms with Crippen molar-refractivity contribution in [2.24, 2.45) is 0 Å². The van der Waals surface area contributed by atoms with Crippen LogP contribution in [-0.2, 0) is 40.8 Å². The first kappa shape index (κ1) is 22.9. The van der Waals surface area contributed by atoms with Gasteiger partial charge in [-0.2, -0.15) is 0 Å². The summed E-state index contributed by atoms with van der Waals surface area (Å²) in [6.07, 6.45) is -4.02. The molecule has 162 valence electrons. The molecule has 1 aliphatic heterocycles. The van der Waals surface area contributed by atoms with Gasteiger partial charge in [0.1, 0.15) is 34.6 Å². The highest BCUT2D eigenvalue weighted by atomic mass is 79.9. The van der Waals surface area contributed by atoms with Crippen molar-refractivity contribution >= 4 is 22.2 Å². The predicted molar refractivity (Wildman–Crippen MR) is 111 cm³/mol. The molecule has 1 N–H and O–H groups in total. The zero-order valence-electron chi connectivity index (χ0n) is 16.6. The predicted octanol–water partition coefficient (Wildman–Crippen LogP) is 3.13. The van der Waals surface area contributed by atoms with Crippen LogP contribution in [0.25, 0.3) is 0 Å². The molecule has 8 heteroatoms. The first-order chi connectivity index (χ1) is 14.6. The minimum absolute atomic E-state index is 0.265. The van der Waals surface area contributed by atoms with Gasteiger partial charge in [0.05, 0.1) is 19.8 Å². The molecule has 1 heterocycles. The summed E-state index contributed by atoms with van der Waals surface area (Å²) in [7, 11) is 0. The lowest BCUT2D eigenvalue weighted by atomic mass is 9.98. The fourth-order valence-corrected chi connectivity index (χ4v) is 3.63. The summed E-state index contributed by atoms with van der Waals surface area (Å²) in [5, 5.41) is 9.80. The molecule has 0 saturated carbocycles. The lowest BCUT2D eigenvalue weighted by Gasteiger charge is -2.44. The van der Waals surface area contributed by atoms with Crippen molar-refractivity contribution in [3.8, 4) is 0 Å². The number of carbonyl (C=O) groups excluding carboxylic acids is 1. The lowest BCUT2D eigenvalue weighted by molar-refractivity contribution is -0.297. The maximum Gasteiger partial charge on any atom is 0.303 e. The van der Waals surface area contributed by atoms with E-state index in [4.69, 9.17) is 22.8 Å². The minimum Gasteiger partial charge on any atom is -0.457 e. The Hall–Kier alpha value is -1.81. The molecule has 1 fully saturated rings. The van der Waals surface area contributed by atoms with Crippen molar-refractivity contribution in [3.05, 3.63) is 71.8 Å². The quantitative estimate of drug-likeness (QED) is 0.551. The van der Waals surface area contributed by atoms with E-state index < -0.39 is 36.7 Å². The van der Waals surface area contributed by atoms with Crippen molar-refractivity contribution in [1.29, 1.82) is 0 Å². The molecule has 0 bridgehead atoms. The summed E-state index contributed by atoms with van der Waals surface area (Å²) < 4.78 is 28.8. The third kappa shape index (κ3) is 6.10. The van der Waals surface area contributed by atoms with Gasteiger partial charge in [0.25, 0.3) is 0 Å². The molecule has 1 aliphatic rings. The molecule has 1 saturated heterocycles. The molecule has 0 radical (unpaired) electrons. The summed E-state index contributed by atoms with van der Waals surface area (Å²) >= 11 is 2.98. The van der Waals surface area contributed by atoms with Crippen LogP contribution < -0.4 is 0 Å². The maximum absolute atomic E-state index is 11.7. The van der Waals surface area contributed by atoms with E-state index in [0.717, 1.165) is 11.1 Å². The van der Waals surface area contributed by atoms with Gasteiger partial charge in [0.2, 0.25) is 0 Å². The molecular formula is C22H25BrO7. The molecule has 0 aromatic heterocycles. The van der Waals surface area contributed by atoms with Gasteiger partial charge in [-0.1, -0.05) is 60.7 Å². The summed E-state index contributed by atoms with van der Waals surface area (Å²) in [6.45, 7) is 1.47. The first-order valence-electron chi connectivity index (χ1n) is 9.64. The summed E-state index contributed by atoms with van der Waals surface area (Å²) in [6, 6.07) is 19.2. The number of carbonyl (C=O) groups is 1. The van der Waals surface area contributed by atoms with Crippen LogP contribution in [0, 0.1) is 0 Å². The van der Waals surface area contributed by atoms with Crippen LogP contribution >= 0.6 is 16.3 Å². The third-order valence-electron chi connectivity index (χ3n) is 4.73. The van der Waals surface area contributed by atoms with Gasteiger partial charge in [0, 0.05) is 6.92 Å². The van der Waals surface area contributed by atoms with E-state index in [0.29, 0.717) is 0 Å². The Labute approximate surface area is 184 Å². The van der Waals surface area contributed by atoms with E-state index in [2.05, 4.69) is 16.3 Å². The molecule has 30 heavy (non-hydrogen) atoms. The highest BCUT2D eigenvalue weighted by Crippen LogP contribution is 2.31. The van der Waals surface area contributed by atoms with Crippen molar-refractivity contribution < 1.29 is 32.7 Å². The highest BCUT2D eigenvalue weighted by Gasteiger charge is 2.49. The van der Waals surface area contributed by atoms with Gasteiger partial charge < -0.3 is 24.1 Å². The Morgan fingerprint density at radius 1 is 0.933 bits per heavy atom. The summed E-state index contributed by atoms with van der Waals surface area (Å²) in [4.78, 5) is 11.7. The standard InChI is InChI=1S/C22H25BrO7/c1-15(25)28-19-18(12-24)29-22(30-23)21(27-14-17-10-6-3-7-11-17)20(19)26-13-16-8-4-2-5-9-16/h2-11,18-22,24H,12-14H2,1H3/t18-,19-,20+,21-,22-/m1/s1. The normalized spacial score (nSPS) is 26.3. The Bertz CT molecular complexity index is 774. The number of ether oxygens (including phenoxy) is 4. The molecule has 0 aliphatic carbocycles. The Kier molecular flexibility index (Phi) is 8.80. The fraction of sp³-hybridized carbons (Fsp3) is 0.409. The molecule has 0 unspecified atom stereocenters. The SMILES string of the molecule is CC(=O)O[C@H]1[C@H](OCc2ccccc2)[C@@H](OCc2ccccc2)[C@@H](OBr)O[C@@H]1CO. The number of benzene rings is 2. The maximum atomic E-state index is 11.7. The van der Waals surface area contributed by atoms with Crippen LogP contribution in [0.3, 0.4) is 0 Å². The van der Waals surface area contributed by atoms with Crippen molar-refractivity contribution in [1.82, 2.24) is 0 Å². The molecular weight excluding hydrogens is 456 g/mol. The molecule has 3 rings (SSSR count). The summed E-state index contributed by atoms with van der Waals surface area (Å²) in [5.41, 5.74) is 1.91. The zero-order valence-corrected chi connectivity index (χ0v) is 18.1. The van der Waals surface area contributed by atoms with E-state index in [1.54, 1.807) is 0 Å². The molecule has 2 aromatic carbocycles. The zero-order chi connectivity index (χ0) is 21.3. The monoisotopic (exact) mass is 480 g/mol. The number of hydrogen-bond donors (Lipinski definition) is 1. The van der Waals surface area contributed by atoms with E-state index >= 15 is 0 Å². The topological polar surface area (TPSA) is 83.5 Å². The number of aliphatic hydroxyl groups is 1. The Morgan fingerprint density at radius 2 is 1.47 bits per heavy atom. The molecule has 7 nitrogen and oxygen atoms in total. The number of rotatable bonds is 9. The molecule has 5 atom stereocenters. The second-order valence-corrected chi connectivity index (χ2v) is 7.28. The van der Waals surface area contributed by atoms with Crippen LogP contribution in [0.15, 0.2) is 60.7 Å². The van der Waals surface area contributed by atoms with E-state index in [1.165, 1.54) is 6.92 Å². The number of hydrogen-bond acceptors (Lipinski definition) is 7. The van der Waals surface area contributed by atoms with E-state index in [9.17, 15) is 9.90 Å². The van der Waals surface area contributed by atoms with Crippen molar-refractivity contribution in [3.63, 3.8) is 0 Å². The van der Waals surface area contributed by atoms with Crippen LogP contribution in [0.1, 0.15) is 18.1 Å². The van der Waals surface area contributed by atoms with Crippen LogP contribution in [-0.4, -0.2) is 48.4 Å². The van der Waals surface area contributed by atoms with Crippen molar-refractivity contribution in [2.45, 2.75) is 50.8 Å². The number of halogens is 1. The van der Waals surface area contributed by atoms with E-state index in [-0.39, 0.29) is 19.8 Å². The van der Waals surface area contributed by atoms with Gasteiger partial charge in [-0.3, -0.25) is 8.62 Å². The van der Waals surface area contributed by atoms with Crippen LogP contribution in [0.2, 0.25) is 0 Å². The molecule has 0 amide bonds. The summed E-state index contributed by atoms with van der Waals surface area (Å²) in [5.74, 6) is -0.504. The van der Waals surface area contributed by atoms with Crippen LogP contribution in [0.4, 0.5) is 0 Å². The van der Waals surface area contributed by atoms with Gasteiger partial charge in [-0.25, -0.2) is 0 Å². The second kappa shape index (κ2) is 11.5.